The number of hydrogen-bond acceptors (Lipinski definition) is 3. The average Bonchev–Trinajstić information content (AvgIpc) is 2.38. The Morgan fingerprint density at radius 1 is 1.17 bits per heavy atom. The van der Waals surface area contributed by atoms with Gasteiger partial charge in [-0.3, -0.25) is 0 Å². The van der Waals surface area contributed by atoms with Crippen molar-refractivity contribution in [2.75, 3.05) is 6.61 Å². The summed E-state index contributed by atoms with van der Waals surface area (Å²) in [4.78, 5) is 0. The van der Waals surface area contributed by atoms with E-state index < -0.39 is 18.6 Å². The summed E-state index contributed by atoms with van der Waals surface area (Å²) in [6.45, 7) is -1.36. The molecule has 0 aliphatic heterocycles. The van der Waals surface area contributed by atoms with E-state index in [4.69, 9.17) is 10.8 Å². The van der Waals surface area contributed by atoms with Crippen LogP contribution in [0.25, 0.3) is 10.8 Å². The van der Waals surface area contributed by atoms with Crippen molar-refractivity contribution in [3.63, 3.8) is 0 Å². The molecule has 1 atom stereocenters. The van der Waals surface area contributed by atoms with Crippen molar-refractivity contribution in [3.05, 3.63) is 42.0 Å². The van der Waals surface area contributed by atoms with Gasteiger partial charge in [-0.25, -0.2) is 8.78 Å². The van der Waals surface area contributed by atoms with Crippen LogP contribution in [0.3, 0.4) is 0 Å². The van der Waals surface area contributed by atoms with Crippen molar-refractivity contribution >= 4 is 10.8 Å². The number of halogens is 2. The first-order chi connectivity index (χ1) is 8.47. The summed E-state index contributed by atoms with van der Waals surface area (Å²) < 4.78 is 26.9. The number of fused-ring (bicyclic) bond motifs is 1. The van der Waals surface area contributed by atoms with E-state index in [2.05, 4.69) is 0 Å². The molecule has 0 spiro atoms. The molecule has 0 aromatic heterocycles. The number of benzene rings is 2. The quantitative estimate of drug-likeness (QED) is 0.785. The number of hydrogen-bond donors (Lipinski definition) is 3. The minimum absolute atomic E-state index is 0.0489. The van der Waals surface area contributed by atoms with Crippen LogP contribution in [0.4, 0.5) is 8.78 Å². The van der Waals surface area contributed by atoms with Crippen molar-refractivity contribution < 1.29 is 19.0 Å². The Balaban J connectivity index is 2.66. The lowest BCUT2D eigenvalue weighted by Gasteiger charge is -2.23. The minimum Gasteiger partial charge on any atom is -0.508 e. The van der Waals surface area contributed by atoms with Gasteiger partial charge in [0.25, 0.3) is 5.92 Å². The summed E-state index contributed by atoms with van der Waals surface area (Å²) in [5.41, 5.74) is 5.43. The molecule has 4 N–H and O–H groups in total. The van der Waals surface area contributed by atoms with Crippen molar-refractivity contribution in [1.29, 1.82) is 0 Å². The molecule has 0 amide bonds. The standard InChI is InChI=1S/C13H13F2NO2/c14-13(15,7-17)12(16)11-9-4-2-1-3-8(9)5-6-10(11)18/h1-6,12,17-18H,7,16H2/t12-/m1/s1. The molecular formula is C13H13F2NO2. The Morgan fingerprint density at radius 2 is 1.83 bits per heavy atom. The smallest absolute Gasteiger partial charge is 0.289 e. The van der Waals surface area contributed by atoms with Gasteiger partial charge >= 0.3 is 0 Å². The van der Waals surface area contributed by atoms with E-state index >= 15 is 0 Å². The molecular weight excluding hydrogens is 240 g/mol. The molecule has 2 aromatic carbocycles. The second-order valence-electron chi connectivity index (χ2n) is 4.12. The molecule has 0 heterocycles. The lowest BCUT2D eigenvalue weighted by Crippen LogP contribution is -2.36. The predicted octanol–water partition coefficient (Wildman–Crippen LogP) is 2.17. The van der Waals surface area contributed by atoms with Gasteiger partial charge < -0.3 is 15.9 Å². The van der Waals surface area contributed by atoms with Crippen molar-refractivity contribution in [2.45, 2.75) is 12.0 Å². The third-order valence-electron chi connectivity index (χ3n) is 2.92. The maximum Gasteiger partial charge on any atom is 0.289 e. The molecule has 18 heavy (non-hydrogen) atoms. The van der Waals surface area contributed by atoms with Crippen LogP contribution < -0.4 is 5.73 Å². The number of phenolic OH excluding ortho intramolecular Hbond substituents is 1. The van der Waals surface area contributed by atoms with Crippen LogP contribution in [0.5, 0.6) is 5.75 Å². The topological polar surface area (TPSA) is 66.5 Å². The summed E-state index contributed by atoms with van der Waals surface area (Å²) in [6, 6.07) is 7.98. The molecule has 0 aliphatic rings. The normalized spacial score (nSPS) is 13.8. The van der Waals surface area contributed by atoms with E-state index in [1.54, 1.807) is 30.3 Å². The minimum atomic E-state index is -3.48. The van der Waals surface area contributed by atoms with Crippen molar-refractivity contribution in [1.82, 2.24) is 0 Å². The molecule has 3 nitrogen and oxygen atoms in total. The van der Waals surface area contributed by atoms with Gasteiger partial charge in [-0.2, -0.15) is 0 Å². The number of aliphatic hydroxyl groups is 1. The van der Waals surface area contributed by atoms with Gasteiger partial charge in [0.05, 0.1) is 0 Å². The van der Waals surface area contributed by atoms with Gasteiger partial charge in [-0.05, 0) is 16.8 Å². The summed E-state index contributed by atoms with van der Waals surface area (Å²) in [6.07, 6.45) is 0. The molecule has 0 bridgehead atoms. The fourth-order valence-corrected chi connectivity index (χ4v) is 1.92. The molecule has 2 rings (SSSR count). The number of nitrogens with two attached hydrogens (primary N) is 1. The highest BCUT2D eigenvalue weighted by Crippen LogP contribution is 2.38. The highest BCUT2D eigenvalue weighted by atomic mass is 19.3. The first kappa shape index (κ1) is 12.7. The summed E-state index contributed by atoms with van der Waals surface area (Å²) in [7, 11) is 0. The molecule has 0 fully saturated rings. The molecule has 0 radical (unpaired) electrons. The summed E-state index contributed by atoms with van der Waals surface area (Å²) in [5, 5.41) is 19.6. The predicted molar refractivity (Wildman–Crippen MR) is 64.6 cm³/mol. The lowest BCUT2D eigenvalue weighted by atomic mass is 9.94. The second-order valence-corrected chi connectivity index (χ2v) is 4.12. The van der Waals surface area contributed by atoms with E-state index in [0.29, 0.717) is 10.8 Å². The SMILES string of the molecule is N[C@H](c1c(O)ccc2ccccc12)C(F)(F)CO. The highest BCUT2D eigenvalue weighted by molar-refractivity contribution is 5.88. The third-order valence-corrected chi connectivity index (χ3v) is 2.92. The first-order valence-corrected chi connectivity index (χ1v) is 5.42. The van der Waals surface area contributed by atoms with Gasteiger partial charge in [0, 0.05) is 5.56 Å². The zero-order valence-electron chi connectivity index (χ0n) is 9.48. The van der Waals surface area contributed by atoms with Crippen LogP contribution >= 0.6 is 0 Å². The average molecular weight is 253 g/mol. The van der Waals surface area contributed by atoms with Gasteiger partial charge in [-0.1, -0.05) is 30.3 Å². The fourth-order valence-electron chi connectivity index (χ4n) is 1.92. The zero-order chi connectivity index (χ0) is 13.3. The Kier molecular flexibility index (Phi) is 3.19. The monoisotopic (exact) mass is 253 g/mol. The number of alkyl halides is 2. The molecule has 0 saturated carbocycles. The van der Waals surface area contributed by atoms with E-state index in [1.165, 1.54) is 6.07 Å². The molecule has 0 aliphatic carbocycles. The van der Waals surface area contributed by atoms with Crippen LogP contribution in [0.15, 0.2) is 36.4 Å². The van der Waals surface area contributed by atoms with Crippen molar-refractivity contribution in [3.8, 4) is 5.75 Å². The number of phenols is 1. The molecule has 96 valence electrons. The van der Waals surface area contributed by atoms with E-state index in [1.807, 2.05) is 0 Å². The summed E-state index contributed by atoms with van der Waals surface area (Å²) in [5.74, 6) is -3.78. The van der Waals surface area contributed by atoms with Crippen LogP contribution in [-0.2, 0) is 0 Å². The van der Waals surface area contributed by atoms with E-state index in [0.717, 1.165) is 0 Å². The van der Waals surface area contributed by atoms with E-state index in [-0.39, 0.29) is 11.3 Å². The van der Waals surface area contributed by atoms with Crippen LogP contribution in [-0.4, -0.2) is 22.7 Å². The summed E-state index contributed by atoms with van der Waals surface area (Å²) >= 11 is 0. The maximum atomic E-state index is 13.5. The molecule has 2 aromatic rings. The van der Waals surface area contributed by atoms with Crippen LogP contribution in [0, 0.1) is 0 Å². The molecule has 0 saturated heterocycles. The van der Waals surface area contributed by atoms with Gasteiger partial charge in [0.1, 0.15) is 18.4 Å². The fraction of sp³-hybridized carbons (Fsp3) is 0.231. The Bertz CT molecular complexity index is 572. The Labute approximate surface area is 102 Å². The van der Waals surface area contributed by atoms with Crippen molar-refractivity contribution in [2.24, 2.45) is 5.73 Å². The number of rotatable bonds is 3. The molecule has 5 heteroatoms. The lowest BCUT2D eigenvalue weighted by molar-refractivity contribution is -0.0712. The first-order valence-electron chi connectivity index (χ1n) is 5.42. The Hall–Kier alpha value is -1.72. The highest BCUT2D eigenvalue weighted by Gasteiger charge is 2.39. The maximum absolute atomic E-state index is 13.5. The van der Waals surface area contributed by atoms with Gasteiger partial charge in [0.15, 0.2) is 0 Å². The van der Waals surface area contributed by atoms with E-state index in [9.17, 15) is 13.9 Å². The Morgan fingerprint density at radius 3 is 2.50 bits per heavy atom. The van der Waals surface area contributed by atoms with Gasteiger partial charge in [0.2, 0.25) is 0 Å². The largest absolute Gasteiger partial charge is 0.508 e. The van der Waals surface area contributed by atoms with Crippen LogP contribution in [0.2, 0.25) is 0 Å². The zero-order valence-corrected chi connectivity index (χ0v) is 9.48. The van der Waals surface area contributed by atoms with Gasteiger partial charge in [-0.15, -0.1) is 0 Å². The van der Waals surface area contributed by atoms with Crippen LogP contribution in [0.1, 0.15) is 11.6 Å². The molecule has 0 unspecified atom stereocenters. The second kappa shape index (κ2) is 4.51. The number of aliphatic hydroxyl groups excluding tert-OH is 1. The third kappa shape index (κ3) is 2.02. The number of aromatic hydroxyl groups is 1.